The van der Waals surface area contributed by atoms with Crippen LogP contribution in [0.3, 0.4) is 0 Å². The van der Waals surface area contributed by atoms with Crippen LogP contribution in [-0.4, -0.2) is 30.5 Å². The highest BCUT2D eigenvalue weighted by Gasteiger charge is 2.29. The highest BCUT2D eigenvalue weighted by Crippen LogP contribution is 2.19. The van der Waals surface area contributed by atoms with E-state index in [1.165, 1.54) is 18.2 Å². The number of nitrogens with zero attached hydrogens (tertiary/aromatic N) is 1. The van der Waals surface area contributed by atoms with Crippen LogP contribution in [0.5, 0.6) is 0 Å². The lowest BCUT2D eigenvalue weighted by atomic mass is 9.94. The van der Waals surface area contributed by atoms with Crippen molar-refractivity contribution in [2.24, 2.45) is 0 Å². The summed E-state index contributed by atoms with van der Waals surface area (Å²) in [7, 11) is 0. The molecule has 0 atom stereocenters. The van der Waals surface area contributed by atoms with Gasteiger partial charge in [-0.3, -0.25) is 0 Å². The van der Waals surface area contributed by atoms with Crippen molar-refractivity contribution in [3.63, 3.8) is 0 Å². The lowest BCUT2D eigenvalue weighted by molar-refractivity contribution is -0.0617. The highest BCUT2D eigenvalue weighted by atomic mass is 19.1. The molecule has 0 aliphatic carbocycles. The summed E-state index contributed by atoms with van der Waals surface area (Å²) >= 11 is 0. The number of nitriles is 1. The molecule has 19 heavy (non-hydrogen) atoms. The minimum Gasteiger partial charge on any atom is -0.388 e. The van der Waals surface area contributed by atoms with Gasteiger partial charge in [-0.05, 0) is 18.2 Å². The maximum absolute atomic E-state index is 13.5. The van der Waals surface area contributed by atoms with Gasteiger partial charge >= 0.3 is 0 Å². The minimum atomic E-state index is -0.776. The molecule has 1 fully saturated rings. The maximum Gasteiger partial charge on any atom is 0.127 e. The van der Waals surface area contributed by atoms with E-state index in [2.05, 4.69) is 5.32 Å². The van der Waals surface area contributed by atoms with Crippen LogP contribution in [0.2, 0.25) is 0 Å². The molecule has 0 amide bonds. The molecular weight excluding hydrogens is 247 g/mol. The lowest BCUT2D eigenvalue weighted by Crippen LogP contribution is -2.44. The predicted molar refractivity (Wildman–Crippen MR) is 67.8 cm³/mol. The molecule has 1 saturated heterocycles. The van der Waals surface area contributed by atoms with Crippen LogP contribution in [0.15, 0.2) is 18.2 Å². The Labute approximate surface area is 111 Å². The Kier molecular flexibility index (Phi) is 4.48. The second-order valence-corrected chi connectivity index (χ2v) is 4.86. The van der Waals surface area contributed by atoms with E-state index < -0.39 is 5.60 Å². The molecule has 0 aromatic heterocycles. The predicted octanol–water partition coefficient (Wildman–Crippen LogP) is 1.33. The zero-order valence-corrected chi connectivity index (χ0v) is 10.7. The number of halogens is 1. The molecule has 1 aromatic rings. The van der Waals surface area contributed by atoms with Gasteiger partial charge in [0.25, 0.3) is 0 Å². The summed E-state index contributed by atoms with van der Waals surface area (Å²) in [5.74, 6) is -0.342. The summed E-state index contributed by atoms with van der Waals surface area (Å²) in [5.41, 5.74) is 0.0966. The Hall–Kier alpha value is -1.48. The highest BCUT2D eigenvalue weighted by molar-refractivity contribution is 5.33. The van der Waals surface area contributed by atoms with E-state index in [1.807, 2.05) is 6.07 Å². The van der Waals surface area contributed by atoms with Gasteiger partial charge in [-0.2, -0.15) is 5.26 Å². The zero-order chi connectivity index (χ0) is 13.7. The molecule has 4 nitrogen and oxygen atoms in total. The summed E-state index contributed by atoms with van der Waals surface area (Å²) in [6.07, 6.45) is 1.17. The van der Waals surface area contributed by atoms with Gasteiger partial charge in [0.05, 0.1) is 17.2 Å². The second kappa shape index (κ2) is 6.11. The Morgan fingerprint density at radius 2 is 2.16 bits per heavy atom. The average Bonchev–Trinajstić information content (AvgIpc) is 2.41. The van der Waals surface area contributed by atoms with Gasteiger partial charge in [0.1, 0.15) is 5.82 Å². The van der Waals surface area contributed by atoms with E-state index in [9.17, 15) is 9.50 Å². The number of ether oxygens (including phenoxy) is 1. The van der Waals surface area contributed by atoms with Crippen molar-refractivity contribution < 1.29 is 14.2 Å². The fourth-order valence-electron chi connectivity index (χ4n) is 2.14. The molecule has 0 unspecified atom stereocenters. The van der Waals surface area contributed by atoms with E-state index in [4.69, 9.17) is 10.00 Å². The van der Waals surface area contributed by atoms with Gasteiger partial charge in [-0.15, -0.1) is 0 Å². The zero-order valence-electron chi connectivity index (χ0n) is 10.7. The average molecular weight is 264 g/mol. The molecule has 0 spiro atoms. The second-order valence-electron chi connectivity index (χ2n) is 4.86. The van der Waals surface area contributed by atoms with E-state index in [0.29, 0.717) is 50.3 Å². The van der Waals surface area contributed by atoms with Crippen molar-refractivity contribution in [1.82, 2.24) is 5.32 Å². The molecule has 2 rings (SSSR count). The molecular formula is C14H17FN2O2. The fourth-order valence-corrected chi connectivity index (χ4v) is 2.14. The smallest absolute Gasteiger partial charge is 0.127 e. The van der Waals surface area contributed by atoms with Crippen LogP contribution in [0.4, 0.5) is 4.39 Å². The number of nitrogens with one attached hydrogen (secondary N) is 1. The first-order valence-corrected chi connectivity index (χ1v) is 6.32. The molecule has 0 bridgehead atoms. The van der Waals surface area contributed by atoms with Crippen molar-refractivity contribution in [3.05, 3.63) is 35.1 Å². The molecule has 1 aliphatic heterocycles. The van der Waals surface area contributed by atoms with Gasteiger partial charge < -0.3 is 15.2 Å². The van der Waals surface area contributed by atoms with E-state index in [0.717, 1.165) is 0 Å². The van der Waals surface area contributed by atoms with Crippen LogP contribution in [0.25, 0.3) is 0 Å². The van der Waals surface area contributed by atoms with Crippen molar-refractivity contribution in [2.75, 3.05) is 19.8 Å². The fraction of sp³-hybridized carbons (Fsp3) is 0.500. The van der Waals surface area contributed by atoms with Crippen molar-refractivity contribution in [2.45, 2.75) is 25.0 Å². The summed E-state index contributed by atoms with van der Waals surface area (Å²) in [6, 6.07) is 6.25. The SMILES string of the molecule is N#Cc1ccc(F)c(CNCC2(O)CCOCC2)c1. The van der Waals surface area contributed by atoms with Gasteiger partial charge in [0.2, 0.25) is 0 Å². The summed E-state index contributed by atoms with van der Waals surface area (Å²) in [4.78, 5) is 0. The third-order valence-electron chi connectivity index (χ3n) is 3.37. The molecule has 1 heterocycles. The molecule has 0 saturated carbocycles. The quantitative estimate of drug-likeness (QED) is 0.861. The molecule has 2 N–H and O–H groups in total. The summed E-state index contributed by atoms with van der Waals surface area (Å²) in [6.45, 7) is 1.80. The van der Waals surface area contributed by atoms with E-state index in [-0.39, 0.29) is 5.82 Å². The van der Waals surface area contributed by atoms with Crippen LogP contribution >= 0.6 is 0 Å². The van der Waals surface area contributed by atoms with Gasteiger partial charge in [-0.25, -0.2) is 4.39 Å². The first kappa shape index (κ1) is 13.9. The Morgan fingerprint density at radius 3 is 2.84 bits per heavy atom. The minimum absolute atomic E-state index is 0.296. The number of hydrogen-bond acceptors (Lipinski definition) is 4. The number of benzene rings is 1. The largest absolute Gasteiger partial charge is 0.388 e. The monoisotopic (exact) mass is 264 g/mol. The summed E-state index contributed by atoms with van der Waals surface area (Å²) < 4.78 is 18.7. The van der Waals surface area contributed by atoms with Gasteiger partial charge in [-0.1, -0.05) is 0 Å². The van der Waals surface area contributed by atoms with Crippen LogP contribution < -0.4 is 5.32 Å². The van der Waals surface area contributed by atoms with Crippen molar-refractivity contribution in [3.8, 4) is 6.07 Å². The van der Waals surface area contributed by atoms with Crippen molar-refractivity contribution >= 4 is 0 Å². The number of hydrogen-bond donors (Lipinski definition) is 2. The normalized spacial score (nSPS) is 17.9. The molecule has 5 heteroatoms. The summed E-state index contributed by atoms with van der Waals surface area (Å²) in [5, 5.41) is 22.1. The first-order chi connectivity index (χ1) is 9.13. The molecule has 1 aliphatic rings. The molecule has 102 valence electrons. The Balaban J connectivity index is 1.90. The molecule has 1 aromatic carbocycles. The Bertz CT molecular complexity index is 479. The van der Waals surface area contributed by atoms with E-state index in [1.54, 1.807) is 0 Å². The third kappa shape index (κ3) is 3.74. The van der Waals surface area contributed by atoms with Crippen LogP contribution in [0, 0.1) is 17.1 Å². The van der Waals surface area contributed by atoms with Crippen LogP contribution in [0.1, 0.15) is 24.0 Å². The number of rotatable bonds is 4. The van der Waals surface area contributed by atoms with Gasteiger partial charge in [0.15, 0.2) is 0 Å². The third-order valence-corrected chi connectivity index (χ3v) is 3.37. The molecule has 0 radical (unpaired) electrons. The topological polar surface area (TPSA) is 65.3 Å². The first-order valence-electron chi connectivity index (χ1n) is 6.32. The van der Waals surface area contributed by atoms with Gasteiger partial charge in [0, 0.05) is 44.7 Å². The maximum atomic E-state index is 13.5. The van der Waals surface area contributed by atoms with Crippen molar-refractivity contribution in [1.29, 1.82) is 5.26 Å². The Morgan fingerprint density at radius 1 is 1.42 bits per heavy atom. The lowest BCUT2D eigenvalue weighted by Gasteiger charge is -2.32. The number of aliphatic hydroxyl groups is 1. The standard InChI is InChI=1S/C14H17FN2O2/c15-13-2-1-11(8-16)7-12(13)9-17-10-14(18)3-5-19-6-4-14/h1-2,7,17-18H,3-6,9-10H2. The van der Waals surface area contributed by atoms with E-state index >= 15 is 0 Å². The van der Waals surface area contributed by atoms with Crippen LogP contribution in [-0.2, 0) is 11.3 Å².